The number of halogens is 2. The molecule has 9 heteroatoms. The highest BCUT2D eigenvalue weighted by Crippen LogP contribution is 2.20. The molecule has 0 aliphatic rings. The maximum atomic E-state index is 12.4. The molecule has 0 aliphatic heterocycles. The van der Waals surface area contributed by atoms with E-state index >= 15 is 0 Å². The number of amides is 1. The van der Waals surface area contributed by atoms with Crippen molar-refractivity contribution in [3.8, 4) is 0 Å². The Kier molecular flexibility index (Phi) is 4.68. The van der Waals surface area contributed by atoms with Crippen LogP contribution in [0, 0.1) is 6.92 Å². The topological polar surface area (TPSA) is 77.6 Å². The normalized spacial score (nSPS) is 10.8. The van der Waals surface area contributed by atoms with Crippen LogP contribution >= 0.6 is 27.5 Å². The molecule has 0 saturated heterocycles. The Hall–Kier alpha value is -2.19. The number of nitrogens with one attached hydrogen (secondary N) is 1. The van der Waals surface area contributed by atoms with E-state index in [4.69, 9.17) is 11.6 Å². The molecule has 0 spiro atoms. The third-order valence-corrected chi connectivity index (χ3v) is 4.54. The SMILES string of the molecule is Cc1nn(C)c(C(=O)Nc2ncn(Cc3cccc(Cl)c3)n2)c1Br. The van der Waals surface area contributed by atoms with Gasteiger partial charge in [0.15, 0.2) is 0 Å². The van der Waals surface area contributed by atoms with Crippen LogP contribution in [0.15, 0.2) is 35.1 Å². The van der Waals surface area contributed by atoms with Crippen molar-refractivity contribution >= 4 is 39.4 Å². The van der Waals surface area contributed by atoms with Crippen LogP contribution in [0.25, 0.3) is 0 Å². The summed E-state index contributed by atoms with van der Waals surface area (Å²) in [5, 5.41) is 11.8. The third-order valence-electron chi connectivity index (χ3n) is 3.36. The molecule has 2 heterocycles. The summed E-state index contributed by atoms with van der Waals surface area (Å²) >= 11 is 9.34. The van der Waals surface area contributed by atoms with Gasteiger partial charge in [-0.05, 0) is 40.5 Å². The van der Waals surface area contributed by atoms with Crippen molar-refractivity contribution in [1.82, 2.24) is 24.5 Å². The van der Waals surface area contributed by atoms with Crippen molar-refractivity contribution in [3.05, 3.63) is 57.0 Å². The summed E-state index contributed by atoms with van der Waals surface area (Å²) < 4.78 is 3.79. The van der Waals surface area contributed by atoms with Gasteiger partial charge in [0.2, 0.25) is 5.95 Å². The zero-order valence-electron chi connectivity index (χ0n) is 13.0. The van der Waals surface area contributed by atoms with Gasteiger partial charge in [-0.3, -0.25) is 14.8 Å². The minimum atomic E-state index is -0.328. The van der Waals surface area contributed by atoms with E-state index < -0.39 is 0 Å². The Bertz CT molecular complexity index is 903. The lowest BCUT2D eigenvalue weighted by Gasteiger charge is -2.03. The van der Waals surface area contributed by atoms with Crippen LogP contribution in [0.2, 0.25) is 5.02 Å². The molecule has 1 N–H and O–H groups in total. The molecule has 24 heavy (non-hydrogen) atoms. The zero-order chi connectivity index (χ0) is 17.3. The Morgan fingerprint density at radius 1 is 1.38 bits per heavy atom. The minimum absolute atomic E-state index is 0.229. The maximum absolute atomic E-state index is 12.4. The summed E-state index contributed by atoms with van der Waals surface area (Å²) in [6, 6.07) is 7.49. The van der Waals surface area contributed by atoms with E-state index in [9.17, 15) is 4.79 Å². The number of carbonyl (C=O) groups is 1. The molecule has 3 rings (SSSR count). The molecule has 1 amide bonds. The van der Waals surface area contributed by atoms with E-state index in [0.29, 0.717) is 21.7 Å². The van der Waals surface area contributed by atoms with Crippen LogP contribution in [0.1, 0.15) is 21.7 Å². The first kappa shape index (κ1) is 16.7. The first-order valence-electron chi connectivity index (χ1n) is 7.08. The highest BCUT2D eigenvalue weighted by molar-refractivity contribution is 9.10. The summed E-state index contributed by atoms with van der Waals surface area (Å²) in [5.74, 6) is -0.0988. The molecule has 3 aromatic rings. The predicted molar refractivity (Wildman–Crippen MR) is 94.2 cm³/mol. The summed E-state index contributed by atoms with van der Waals surface area (Å²) in [7, 11) is 1.71. The Morgan fingerprint density at radius 3 is 2.83 bits per heavy atom. The molecule has 2 aromatic heterocycles. The maximum Gasteiger partial charge on any atom is 0.277 e. The minimum Gasteiger partial charge on any atom is -0.288 e. The van der Waals surface area contributed by atoms with Gasteiger partial charge in [0.25, 0.3) is 5.91 Å². The van der Waals surface area contributed by atoms with Gasteiger partial charge in [-0.2, -0.15) is 5.10 Å². The molecule has 0 bridgehead atoms. The number of rotatable bonds is 4. The van der Waals surface area contributed by atoms with Crippen LogP contribution in [0.3, 0.4) is 0 Å². The molecular formula is C15H14BrClN6O. The molecular weight excluding hydrogens is 396 g/mol. The highest BCUT2D eigenvalue weighted by atomic mass is 79.9. The number of benzene rings is 1. The fourth-order valence-corrected chi connectivity index (χ4v) is 3.02. The average molecular weight is 410 g/mol. The first-order chi connectivity index (χ1) is 11.4. The molecule has 0 atom stereocenters. The van der Waals surface area contributed by atoms with Gasteiger partial charge in [-0.15, -0.1) is 5.10 Å². The second-order valence-electron chi connectivity index (χ2n) is 5.22. The van der Waals surface area contributed by atoms with E-state index in [2.05, 4.69) is 36.4 Å². The van der Waals surface area contributed by atoms with Gasteiger partial charge in [0.1, 0.15) is 12.0 Å². The molecule has 1 aromatic carbocycles. The van der Waals surface area contributed by atoms with Gasteiger partial charge < -0.3 is 0 Å². The van der Waals surface area contributed by atoms with E-state index in [0.717, 1.165) is 11.3 Å². The molecule has 0 aliphatic carbocycles. The summed E-state index contributed by atoms with van der Waals surface area (Å²) in [6.45, 7) is 2.33. The molecule has 7 nitrogen and oxygen atoms in total. The van der Waals surface area contributed by atoms with Crippen LogP contribution in [-0.4, -0.2) is 30.5 Å². The lowest BCUT2D eigenvalue weighted by Crippen LogP contribution is -2.17. The number of hydrogen-bond acceptors (Lipinski definition) is 4. The lowest BCUT2D eigenvalue weighted by atomic mass is 10.2. The number of anilines is 1. The fraction of sp³-hybridized carbons (Fsp3) is 0.200. The van der Waals surface area contributed by atoms with Gasteiger partial charge in [0.05, 0.1) is 16.7 Å². The van der Waals surface area contributed by atoms with Crippen molar-refractivity contribution in [1.29, 1.82) is 0 Å². The molecule has 0 unspecified atom stereocenters. The van der Waals surface area contributed by atoms with Crippen molar-refractivity contribution in [2.24, 2.45) is 7.05 Å². The van der Waals surface area contributed by atoms with Gasteiger partial charge in [0, 0.05) is 12.1 Å². The number of carbonyl (C=O) groups excluding carboxylic acids is 1. The third kappa shape index (κ3) is 3.49. The van der Waals surface area contributed by atoms with Crippen LogP contribution < -0.4 is 5.32 Å². The van der Waals surface area contributed by atoms with E-state index in [1.165, 1.54) is 4.68 Å². The number of hydrogen-bond donors (Lipinski definition) is 1. The van der Waals surface area contributed by atoms with Crippen molar-refractivity contribution in [2.75, 3.05) is 5.32 Å². The summed E-state index contributed by atoms with van der Waals surface area (Å²) in [6.07, 6.45) is 1.56. The van der Waals surface area contributed by atoms with Gasteiger partial charge >= 0.3 is 0 Å². The number of nitrogens with zero attached hydrogens (tertiary/aromatic N) is 5. The van der Waals surface area contributed by atoms with Crippen LogP contribution in [0.5, 0.6) is 0 Å². The summed E-state index contributed by atoms with van der Waals surface area (Å²) in [5.41, 5.74) is 2.15. The Balaban J connectivity index is 1.73. The number of aryl methyl sites for hydroxylation is 2. The first-order valence-corrected chi connectivity index (χ1v) is 8.25. The van der Waals surface area contributed by atoms with Crippen LogP contribution in [0.4, 0.5) is 5.95 Å². The standard InChI is InChI=1S/C15H14BrClN6O/c1-9-12(16)13(22(2)20-9)14(24)19-15-18-8-23(21-15)7-10-4-3-5-11(17)6-10/h3-6,8H,7H2,1-2H3,(H,19,21,24). The van der Waals surface area contributed by atoms with E-state index in [-0.39, 0.29) is 11.9 Å². The Morgan fingerprint density at radius 2 is 2.17 bits per heavy atom. The van der Waals surface area contributed by atoms with Gasteiger partial charge in [-0.25, -0.2) is 9.67 Å². The van der Waals surface area contributed by atoms with Crippen LogP contribution in [-0.2, 0) is 13.6 Å². The Labute approximate surface area is 151 Å². The lowest BCUT2D eigenvalue weighted by molar-refractivity contribution is 0.101. The second-order valence-corrected chi connectivity index (χ2v) is 6.45. The van der Waals surface area contributed by atoms with Gasteiger partial charge in [-0.1, -0.05) is 23.7 Å². The van der Waals surface area contributed by atoms with E-state index in [1.54, 1.807) is 18.1 Å². The monoisotopic (exact) mass is 408 g/mol. The van der Waals surface area contributed by atoms with E-state index in [1.807, 2.05) is 31.2 Å². The summed E-state index contributed by atoms with van der Waals surface area (Å²) in [4.78, 5) is 16.5. The molecule has 0 fully saturated rings. The molecule has 0 saturated carbocycles. The number of aromatic nitrogens is 5. The highest BCUT2D eigenvalue weighted by Gasteiger charge is 2.19. The molecule has 0 radical (unpaired) electrons. The zero-order valence-corrected chi connectivity index (χ0v) is 15.3. The van der Waals surface area contributed by atoms with Crippen molar-refractivity contribution < 1.29 is 4.79 Å². The fourth-order valence-electron chi connectivity index (χ4n) is 2.29. The average Bonchev–Trinajstić information content (AvgIpc) is 3.04. The predicted octanol–water partition coefficient (Wildman–Crippen LogP) is 3.04. The smallest absolute Gasteiger partial charge is 0.277 e. The largest absolute Gasteiger partial charge is 0.288 e. The van der Waals surface area contributed by atoms with Crippen molar-refractivity contribution in [3.63, 3.8) is 0 Å². The second kappa shape index (κ2) is 6.74. The van der Waals surface area contributed by atoms with Crippen molar-refractivity contribution in [2.45, 2.75) is 13.5 Å². The quantitative estimate of drug-likeness (QED) is 0.718. The molecule has 124 valence electrons.